The van der Waals surface area contributed by atoms with Crippen molar-refractivity contribution in [3.05, 3.63) is 84.4 Å². The van der Waals surface area contributed by atoms with Gasteiger partial charge in [-0.2, -0.15) is 0 Å². The van der Waals surface area contributed by atoms with Gasteiger partial charge in [-0.05, 0) is 35.9 Å². The van der Waals surface area contributed by atoms with Crippen molar-refractivity contribution in [3.63, 3.8) is 0 Å². The maximum absolute atomic E-state index is 12.5. The SMILES string of the molecule is COc1ccc(-c2nc3ccccc3s2)c(NC(=O)C=Cc2ccccc2)c1. The molecule has 0 aliphatic rings. The van der Waals surface area contributed by atoms with Crippen molar-refractivity contribution >= 4 is 39.2 Å². The smallest absolute Gasteiger partial charge is 0.248 e. The molecule has 4 nitrogen and oxygen atoms in total. The van der Waals surface area contributed by atoms with Gasteiger partial charge in [-0.25, -0.2) is 4.98 Å². The molecule has 1 N–H and O–H groups in total. The quantitative estimate of drug-likeness (QED) is 0.453. The first-order valence-corrected chi connectivity index (χ1v) is 9.63. The molecule has 0 atom stereocenters. The monoisotopic (exact) mass is 386 g/mol. The predicted octanol–water partition coefficient (Wildman–Crippen LogP) is 5.62. The number of methoxy groups -OCH3 is 1. The van der Waals surface area contributed by atoms with Gasteiger partial charge in [0, 0.05) is 17.7 Å². The molecule has 3 aromatic carbocycles. The number of carbonyl (C=O) groups excluding carboxylic acids is 1. The summed E-state index contributed by atoms with van der Waals surface area (Å²) in [5.74, 6) is 0.465. The van der Waals surface area contributed by atoms with E-state index in [-0.39, 0.29) is 5.91 Å². The van der Waals surface area contributed by atoms with E-state index in [9.17, 15) is 4.79 Å². The lowest BCUT2D eigenvalue weighted by atomic mass is 10.1. The third kappa shape index (κ3) is 3.94. The number of benzene rings is 3. The van der Waals surface area contributed by atoms with Crippen LogP contribution in [0.4, 0.5) is 5.69 Å². The fourth-order valence-electron chi connectivity index (χ4n) is 2.84. The van der Waals surface area contributed by atoms with Gasteiger partial charge in [0.1, 0.15) is 10.8 Å². The largest absolute Gasteiger partial charge is 0.497 e. The fourth-order valence-corrected chi connectivity index (χ4v) is 3.84. The standard InChI is InChI=1S/C23H18N2O2S/c1-27-17-12-13-18(23-25-19-9-5-6-10-21(19)28-23)20(15-17)24-22(26)14-11-16-7-3-2-4-8-16/h2-15H,1H3,(H,24,26). The second-order valence-electron chi connectivity index (χ2n) is 6.13. The number of nitrogens with one attached hydrogen (secondary N) is 1. The Morgan fingerprint density at radius 1 is 1.04 bits per heavy atom. The third-order valence-electron chi connectivity index (χ3n) is 4.24. The van der Waals surface area contributed by atoms with Crippen LogP contribution in [0.1, 0.15) is 5.56 Å². The summed E-state index contributed by atoms with van der Waals surface area (Å²) in [5.41, 5.74) is 3.44. The number of ether oxygens (including phenoxy) is 1. The summed E-state index contributed by atoms with van der Waals surface area (Å²) in [6.07, 6.45) is 3.31. The van der Waals surface area contributed by atoms with E-state index in [1.807, 2.05) is 72.8 Å². The Kier molecular flexibility index (Phi) is 5.17. The minimum absolute atomic E-state index is 0.209. The molecule has 28 heavy (non-hydrogen) atoms. The predicted molar refractivity (Wildman–Crippen MR) is 116 cm³/mol. The van der Waals surface area contributed by atoms with Crippen molar-refractivity contribution in [3.8, 4) is 16.3 Å². The molecule has 4 rings (SSSR count). The van der Waals surface area contributed by atoms with Gasteiger partial charge < -0.3 is 10.1 Å². The van der Waals surface area contributed by atoms with Crippen LogP contribution >= 0.6 is 11.3 Å². The van der Waals surface area contributed by atoms with Gasteiger partial charge in [0.05, 0.1) is 23.0 Å². The van der Waals surface area contributed by atoms with E-state index in [1.165, 1.54) is 6.08 Å². The second-order valence-corrected chi connectivity index (χ2v) is 7.16. The highest BCUT2D eigenvalue weighted by Crippen LogP contribution is 2.36. The highest BCUT2D eigenvalue weighted by molar-refractivity contribution is 7.21. The molecule has 1 aromatic heterocycles. The topological polar surface area (TPSA) is 51.2 Å². The Morgan fingerprint density at radius 3 is 2.61 bits per heavy atom. The van der Waals surface area contributed by atoms with Gasteiger partial charge in [0.25, 0.3) is 0 Å². The number of nitrogens with zero attached hydrogens (tertiary/aromatic N) is 1. The van der Waals surface area contributed by atoms with Gasteiger partial charge in [-0.15, -0.1) is 11.3 Å². The zero-order chi connectivity index (χ0) is 19.3. The number of aromatic nitrogens is 1. The molecule has 4 aromatic rings. The first kappa shape index (κ1) is 17.9. The summed E-state index contributed by atoms with van der Waals surface area (Å²) >= 11 is 1.59. The van der Waals surface area contributed by atoms with E-state index in [4.69, 9.17) is 9.72 Å². The molecule has 0 saturated carbocycles. The van der Waals surface area contributed by atoms with E-state index in [2.05, 4.69) is 5.32 Å². The van der Waals surface area contributed by atoms with E-state index in [1.54, 1.807) is 24.5 Å². The van der Waals surface area contributed by atoms with Crippen LogP contribution in [0, 0.1) is 0 Å². The molecule has 1 heterocycles. The summed E-state index contributed by atoms with van der Waals surface area (Å²) in [6.45, 7) is 0. The minimum atomic E-state index is -0.209. The van der Waals surface area contributed by atoms with Gasteiger partial charge in [0.2, 0.25) is 5.91 Å². The number of thiazole rings is 1. The van der Waals surface area contributed by atoms with Crippen molar-refractivity contribution in [2.24, 2.45) is 0 Å². The van der Waals surface area contributed by atoms with Crippen LogP contribution < -0.4 is 10.1 Å². The Labute approximate surface area is 167 Å². The Hall–Kier alpha value is -3.44. The third-order valence-corrected chi connectivity index (χ3v) is 5.31. The van der Waals surface area contributed by atoms with Crippen molar-refractivity contribution < 1.29 is 9.53 Å². The zero-order valence-electron chi connectivity index (χ0n) is 15.3. The molecular formula is C23H18N2O2S. The van der Waals surface area contributed by atoms with Gasteiger partial charge >= 0.3 is 0 Å². The Morgan fingerprint density at radius 2 is 1.82 bits per heavy atom. The maximum Gasteiger partial charge on any atom is 0.248 e. The van der Waals surface area contributed by atoms with Crippen LogP contribution in [0.5, 0.6) is 5.75 Å². The van der Waals surface area contributed by atoms with Gasteiger partial charge in [-0.3, -0.25) is 4.79 Å². The number of hydrogen-bond acceptors (Lipinski definition) is 4. The number of amides is 1. The molecule has 0 saturated heterocycles. The summed E-state index contributed by atoms with van der Waals surface area (Å²) < 4.78 is 6.44. The molecule has 0 bridgehead atoms. The molecule has 0 aliphatic heterocycles. The number of para-hydroxylation sites is 1. The highest BCUT2D eigenvalue weighted by atomic mass is 32.1. The number of anilines is 1. The molecule has 0 fully saturated rings. The van der Waals surface area contributed by atoms with Crippen LogP contribution in [-0.2, 0) is 4.79 Å². The summed E-state index contributed by atoms with van der Waals surface area (Å²) in [6, 6.07) is 23.3. The first-order valence-electron chi connectivity index (χ1n) is 8.81. The summed E-state index contributed by atoms with van der Waals surface area (Å²) in [4.78, 5) is 17.2. The minimum Gasteiger partial charge on any atom is -0.497 e. The highest BCUT2D eigenvalue weighted by Gasteiger charge is 2.13. The lowest BCUT2D eigenvalue weighted by Crippen LogP contribution is -2.09. The Bertz CT molecular complexity index is 1120. The van der Waals surface area contributed by atoms with E-state index in [0.717, 1.165) is 26.4 Å². The normalized spacial score (nSPS) is 11.0. The van der Waals surface area contributed by atoms with Crippen LogP contribution in [-0.4, -0.2) is 18.0 Å². The van der Waals surface area contributed by atoms with E-state index < -0.39 is 0 Å². The molecule has 0 aliphatic carbocycles. The molecule has 1 amide bonds. The summed E-state index contributed by atoms with van der Waals surface area (Å²) in [7, 11) is 1.60. The van der Waals surface area contributed by atoms with Crippen molar-refractivity contribution in [2.45, 2.75) is 0 Å². The average molecular weight is 386 g/mol. The molecular weight excluding hydrogens is 368 g/mol. The summed E-state index contributed by atoms with van der Waals surface area (Å²) in [5, 5.41) is 3.81. The lowest BCUT2D eigenvalue weighted by Gasteiger charge is -2.10. The molecule has 138 valence electrons. The van der Waals surface area contributed by atoms with E-state index >= 15 is 0 Å². The maximum atomic E-state index is 12.5. The van der Waals surface area contributed by atoms with E-state index in [0.29, 0.717) is 11.4 Å². The van der Waals surface area contributed by atoms with Crippen LogP contribution in [0.15, 0.2) is 78.9 Å². The van der Waals surface area contributed by atoms with Crippen LogP contribution in [0.3, 0.4) is 0 Å². The van der Waals surface area contributed by atoms with Crippen LogP contribution in [0.2, 0.25) is 0 Å². The average Bonchev–Trinajstić information content (AvgIpc) is 3.17. The number of rotatable bonds is 5. The molecule has 5 heteroatoms. The lowest BCUT2D eigenvalue weighted by molar-refractivity contribution is -0.111. The number of hydrogen-bond donors (Lipinski definition) is 1. The van der Waals surface area contributed by atoms with Gasteiger partial charge in [-0.1, -0.05) is 42.5 Å². The molecule has 0 unspecified atom stereocenters. The Balaban J connectivity index is 1.65. The first-order chi connectivity index (χ1) is 13.7. The van der Waals surface area contributed by atoms with Crippen LogP contribution in [0.25, 0.3) is 26.9 Å². The number of carbonyl (C=O) groups is 1. The fraction of sp³-hybridized carbons (Fsp3) is 0.0435. The van der Waals surface area contributed by atoms with Crippen molar-refractivity contribution in [1.29, 1.82) is 0 Å². The second kappa shape index (κ2) is 8.06. The van der Waals surface area contributed by atoms with Gasteiger partial charge in [0.15, 0.2) is 0 Å². The van der Waals surface area contributed by atoms with Crippen molar-refractivity contribution in [2.75, 3.05) is 12.4 Å². The molecule has 0 radical (unpaired) electrons. The number of fused-ring (bicyclic) bond motifs is 1. The molecule has 0 spiro atoms. The zero-order valence-corrected chi connectivity index (χ0v) is 16.1. The van der Waals surface area contributed by atoms with Crippen molar-refractivity contribution in [1.82, 2.24) is 4.98 Å².